The van der Waals surface area contributed by atoms with Gasteiger partial charge in [-0.1, -0.05) is 6.07 Å². The highest BCUT2D eigenvalue weighted by Gasteiger charge is 2.30. The van der Waals surface area contributed by atoms with Crippen LogP contribution in [0.5, 0.6) is 5.75 Å². The van der Waals surface area contributed by atoms with Crippen molar-refractivity contribution in [1.29, 1.82) is 0 Å². The molecule has 1 aliphatic heterocycles. The molecular formula is C20H22N2O3S. The lowest BCUT2D eigenvalue weighted by Crippen LogP contribution is -2.35. The molecule has 2 heterocycles. The van der Waals surface area contributed by atoms with Crippen LogP contribution in [0.4, 0.5) is 0 Å². The fraction of sp³-hybridized carbons (Fsp3) is 0.300. The minimum absolute atomic E-state index is 0.362. The van der Waals surface area contributed by atoms with Crippen LogP contribution in [0.15, 0.2) is 41.3 Å². The van der Waals surface area contributed by atoms with E-state index in [0.29, 0.717) is 24.4 Å². The summed E-state index contributed by atoms with van der Waals surface area (Å²) in [6, 6.07) is 11.2. The van der Waals surface area contributed by atoms with Crippen LogP contribution in [-0.2, 0) is 23.0 Å². The van der Waals surface area contributed by atoms with Gasteiger partial charge in [0.2, 0.25) is 10.0 Å². The second-order valence-electron chi connectivity index (χ2n) is 6.83. The van der Waals surface area contributed by atoms with Crippen molar-refractivity contribution < 1.29 is 13.2 Å². The number of aromatic nitrogens is 1. The lowest BCUT2D eigenvalue weighted by Gasteiger charge is -2.26. The topological polar surface area (TPSA) is 62.4 Å². The molecule has 0 spiro atoms. The third-order valence-electron chi connectivity index (χ3n) is 5.26. The Labute approximate surface area is 153 Å². The number of sulfonamides is 1. The molecule has 1 N–H and O–H groups in total. The molecule has 5 nitrogen and oxygen atoms in total. The van der Waals surface area contributed by atoms with Gasteiger partial charge in [-0.2, -0.15) is 4.31 Å². The van der Waals surface area contributed by atoms with Gasteiger partial charge in [0.15, 0.2) is 0 Å². The Morgan fingerprint density at radius 2 is 1.88 bits per heavy atom. The number of aryl methyl sites for hydroxylation is 2. The molecule has 1 aromatic heterocycles. The van der Waals surface area contributed by atoms with Crippen LogP contribution >= 0.6 is 0 Å². The number of hydrogen-bond acceptors (Lipinski definition) is 3. The number of nitrogens with one attached hydrogen (secondary N) is 1. The van der Waals surface area contributed by atoms with Crippen molar-refractivity contribution in [2.75, 3.05) is 13.7 Å². The second-order valence-corrected chi connectivity index (χ2v) is 8.77. The van der Waals surface area contributed by atoms with E-state index in [4.69, 9.17) is 4.74 Å². The molecule has 0 saturated heterocycles. The lowest BCUT2D eigenvalue weighted by atomic mass is 10.1. The van der Waals surface area contributed by atoms with E-state index in [1.54, 1.807) is 23.5 Å². The number of rotatable bonds is 3. The zero-order chi connectivity index (χ0) is 18.5. The first-order chi connectivity index (χ1) is 12.4. The van der Waals surface area contributed by atoms with Gasteiger partial charge in [0, 0.05) is 36.1 Å². The summed E-state index contributed by atoms with van der Waals surface area (Å²) in [7, 11) is -1.88. The van der Waals surface area contributed by atoms with Crippen LogP contribution in [0.2, 0.25) is 0 Å². The van der Waals surface area contributed by atoms with Crippen molar-refractivity contribution in [3.63, 3.8) is 0 Å². The Hall–Kier alpha value is -2.31. The van der Waals surface area contributed by atoms with Crippen LogP contribution in [0.3, 0.4) is 0 Å². The molecule has 0 amide bonds. The molecular weight excluding hydrogens is 348 g/mol. The number of H-pyrrole nitrogens is 1. The molecule has 136 valence electrons. The van der Waals surface area contributed by atoms with Crippen LogP contribution < -0.4 is 4.74 Å². The summed E-state index contributed by atoms with van der Waals surface area (Å²) in [6.07, 6.45) is 0.677. The zero-order valence-electron chi connectivity index (χ0n) is 15.2. The highest BCUT2D eigenvalue weighted by atomic mass is 32.2. The average Bonchev–Trinajstić information content (AvgIpc) is 3.00. The molecule has 26 heavy (non-hydrogen) atoms. The first-order valence-electron chi connectivity index (χ1n) is 8.65. The molecule has 4 rings (SSSR count). The third-order valence-corrected chi connectivity index (χ3v) is 7.10. The van der Waals surface area contributed by atoms with Gasteiger partial charge >= 0.3 is 0 Å². The lowest BCUT2D eigenvalue weighted by molar-refractivity contribution is 0.391. The Bertz CT molecular complexity index is 1100. The zero-order valence-corrected chi connectivity index (χ0v) is 16.0. The summed E-state index contributed by atoms with van der Waals surface area (Å²) in [5, 5.41) is 1.03. The molecule has 0 atom stereocenters. The highest BCUT2D eigenvalue weighted by molar-refractivity contribution is 7.89. The molecule has 0 aliphatic carbocycles. The molecule has 3 aromatic rings. The smallest absolute Gasteiger partial charge is 0.243 e. The van der Waals surface area contributed by atoms with Crippen LogP contribution in [0, 0.1) is 13.8 Å². The van der Waals surface area contributed by atoms with Crippen LogP contribution in [-0.4, -0.2) is 31.4 Å². The fourth-order valence-electron chi connectivity index (χ4n) is 3.52. The van der Waals surface area contributed by atoms with E-state index in [1.807, 2.05) is 38.1 Å². The van der Waals surface area contributed by atoms with E-state index in [2.05, 4.69) is 4.98 Å². The minimum atomic E-state index is -3.52. The number of hydrogen-bond donors (Lipinski definition) is 1. The van der Waals surface area contributed by atoms with E-state index in [1.165, 1.54) is 0 Å². The third kappa shape index (κ3) is 2.70. The summed E-state index contributed by atoms with van der Waals surface area (Å²) in [6.45, 7) is 4.77. The SMILES string of the molecule is COc1ccc2[nH]c3c(c2c1)CN(S(=O)(=O)c1ccc(C)c(C)c1)CC3. The number of methoxy groups -OCH3 is 1. The average molecular weight is 370 g/mol. The van der Waals surface area contributed by atoms with E-state index < -0.39 is 10.0 Å². The van der Waals surface area contributed by atoms with E-state index in [-0.39, 0.29) is 0 Å². The number of benzene rings is 2. The van der Waals surface area contributed by atoms with Gasteiger partial charge in [-0.15, -0.1) is 0 Å². The molecule has 0 unspecified atom stereocenters. The number of ether oxygens (including phenoxy) is 1. The predicted molar refractivity (Wildman–Crippen MR) is 102 cm³/mol. The minimum Gasteiger partial charge on any atom is -0.497 e. The van der Waals surface area contributed by atoms with Crippen molar-refractivity contribution in [2.45, 2.75) is 31.7 Å². The maximum absolute atomic E-state index is 13.1. The number of aromatic amines is 1. The van der Waals surface area contributed by atoms with Gasteiger partial charge in [-0.25, -0.2) is 8.42 Å². The van der Waals surface area contributed by atoms with Crippen LogP contribution in [0.1, 0.15) is 22.4 Å². The summed E-state index contributed by atoms with van der Waals surface area (Å²) < 4.78 is 33.2. The summed E-state index contributed by atoms with van der Waals surface area (Å²) in [4.78, 5) is 3.78. The maximum atomic E-state index is 13.1. The Morgan fingerprint density at radius 1 is 1.08 bits per heavy atom. The van der Waals surface area contributed by atoms with E-state index in [0.717, 1.165) is 39.0 Å². The van der Waals surface area contributed by atoms with Gasteiger partial charge in [0.05, 0.1) is 12.0 Å². The normalized spacial score (nSPS) is 15.2. The molecule has 2 aromatic carbocycles. The van der Waals surface area contributed by atoms with Crippen molar-refractivity contribution in [3.8, 4) is 5.75 Å². The molecule has 0 bridgehead atoms. The van der Waals surface area contributed by atoms with Gasteiger partial charge in [-0.3, -0.25) is 0 Å². The molecule has 6 heteroatoms. The van der Waals surface area contributed by atoms with Gasteiger partial charge < -0.3 is 9.72 Å². The van der Waals surface area contributed by atoms with Gasteiger partial charge in [-0.05, 0) is 60.9 Å². The summed E-state index contributed by atoms with van der Waals surface area (Å²) in [5.74, 6) is 0.772. The fourth-order valence-corrected chi connectivity index (χ4v) is 5.02. The molecule has 0 fully saturated rings. The largest absolute Gasteiger partial charge is 0.497 e. The Balaban J connectivity index is 1.74. The standard InChI is InChI=1S/C20H22N2O3S/c1-13-4-6-16(10-14(13)2)26(23,24)22-9-8-20-18(12-22)17-11-15(25-3)5-7-19(17)21-20/h4-7,10-11,21H,8-9,12H2,1-3H3. The monoisotopic (exact) mass is 370 g/mol. The quantitative estimate of drug-likeness (QED) is 0.767. The first-order valence-corrected chi connectivity index (χ1v) is 10.1. The molecule has 1 aliphatic rings. The second kappa shape index (κ2) is 6.14. The van der Waals surface area contributed by atoms with Crippen molar-refractivity contribution in [1.82, 2.24) is 9.29 Å². The number of nitrogens with zero attached hydrogens (tertiary/aromatic N) is 1. The summed E-state index contributed by atoms with van der Waals surface area (Å²) in [5.41, 5.74) is 5.24. The molecule has 0 radical (unpaired) electrons. The van der Waals surface area contributed by atoms with Crippen molar-refractivity contribution >= 4 is 20.9 Å². The van der Waals surface area contributed by atoms with Crippen molar-refractivity contribution in [2.24, 2.45) is 0 Å². The van der Waals surface area contributed by atoms with Gasteiger partial charge in [0.25, 0.3) is 0 Å². The van der Waals surface area contributed by atoms with Crippen molar-refractivity contribution in [3.05, 3.63) is 58.8 Å². The summed E-state index contributed by atoms with van der Waals surface area (Å²) >= 11 is 0. The Kier molecular flexibility index (Phi) is 4.04. The maximum Gasteiger partial charge on any atom is 0.243 e. The van der Waals surface area contributed by atoms with E-state index in [9.17, 15) is 8.42 Å². The van der Waals surface area contributed by atoms with Gasteiger partial charge in [0.1, 0.15) is 5.75 Å². The highest BCUT2D eigenvalue weighted by Crippen LogP contribution is 2.32. The molecule has 0 saturated carbocycles. The number of fused-ring (bicyclic) bond motifs is 3. The predicted octanol–water partition coefficient (Wildman–Crippen LogP) is 3.54. The first kappa shape index (κ1) is 17.1. The van der Waals surface area contributed by atoms with Crippen LogP contribution in [0.25, 0.3) is 10.9 Å². The Morgan fingerprint density at radius 3 is 2.62 bits per heavy atom. The van der Waals surface area contributed by atoms with E-state index >= 15 is 0 Å².